The summed E-state index contributed by atoms with van der Waals surface area (Å²) in [6, 6.07) is 31.9. The van der Waals surface area contributed by atoms with Crippen LogP contribution in [0.5, 0.6) is 11.5 Å². The minimum Gasteiger partial charge on any atom is -0.488 e. The Bertz CT molecular complexity index is 1470. The van der Waals surface area contributed by atoms with Gasteiger partial charge in [-0.2, -0.15) is 0 Å². The fourth-order valence-electron chi connectivity index (χ4n) is 4.06. The summed E-state index contributed by atoms with van der Waals surface area (Å²) in [7, 11) is 0. The topological polar surface area (TPSA) is 135 Å². The van der Waals surface area contributed by atoms with Crippen LogP contribution >= 0.6 is 0 Å². The minimum absolute atomic E-state index is 0.144. The Morgan fingerprint density at radius 1 is 0.556 bits per heavy atom. The normalized spacial score (nSPS) is 10.5. The lowest BCUT2D eigenvalue weighted by atomic mass is 10.2. The molecule has 0 aliphatic carbocycles. The zero-order valence-electron chi connectivity index (χ0n) is 24.3. The van der Waals surface area contributed by atoms with Crippen molar-refractivity contribution < 1.29 is 48.0 Å². The Kier molecular flexibility index (Phi) is 12.1. The summed E-state index contributed by atoms with van der Waals surface area (Å²) in [5.41, 5.74) is 2.10. The summed E-state index contributed by atoms with van der Waals surface area (Å²) in [5, 5.41) is 8.92. The smallest absolute Gasteiger partial charge is 0.342 e. The second kappa shape index (κ2) is 16.9. The summed E-state index contributed by atoms with van der Waals surface area (Å²) < 4.78 is 27.9. The first kappa shape index (κ1) is 32.3. The highest BCUT2D eigenvalue weighted by Gasteiger charge is 2.23. The van der Waals surface area contributed by atoms with Crippen molar-refractivity contribution in [2.24, 2.45) is 0 Å². The Balaban J connectivity index is 1.39. The number of aliphatic carboxylic acids is 1. The lowest BCUT2D eigenvalue weighted by molar-refractivity contribution is -0.156. The van der Waals surface area contributed by atoms with Gasteiger partial charge in [-0.05, 0) is 35.4 Å². The van der Waals surface area contributed by atoms with E-state index < -0.39 is 56.0 Å². The number of esters is 3. The van der Waals surface area contributed by atoms with E-state index in [1.807, 2.05) is 60.7 Å². The Labute approximate surface area is 260 Å². The number of hydrogen-bond donors (Lipinski definition) is 1. The molecule has 0 unspecified atom stereocenters. The van der Waals surface area contributed by atoms with Gasteiger partial charge in [0.2, 0.25) is 0 Å². The lowest BCUT2D eigenvalue weighted by Crippen LogP contribution is -2.31. The number of ether oxygens (including phenoxy) is 5. The number of rotatable bonds is 16. The van der Waals surface area contributed by atoms with Crippen molar-refractivity contribution in [2.75, 3.05) is 13.2 Å². The third-order valence-corrected chi connectivity index (χ3v) is 6.33. The number of carbonyl (C=O) groups excluding carboxylic acids is 3. The van der Waals surface area contributed by atoms with E-state index in [1.54, 1.807) is 36.4 Å². The van der Waals surface area contributed by atoms with Gasteiger partial charge in [0, 0.05) is 0 Å². The maximum absolute atomic E-state index is 13.0. The molecule has 0 saturated heterocycles. The van der Waals surface area contributed by atoms with Crippen molar-refractivity contribution in [1.82, 2.24) is 0 Å². The molecule has 0 aliphatic heterocycles. The fourth-order valence-corrected chi connectivity index (χ4v) is 4.06. The van der Waals surface area contributed by atoms with Crippen LogP contribution in [0.15, 0.2) is 109 Å². The average molecular weight is 613 g/mol. The van der Waals surface area contributed by atoms with E-state index >= 15 is 0 Å². The third kappa shape index (κ3) is 10.5. The van der Waals surface area contributed by atoms with Crippen LogP contribution in [0, 0.1) is 0 Å². The summed E-state index contributed by atoms with van der Waals surface area (Å²) >= 11 is 0. The standard InChI is InChI=1S/C35H32O10/c36-32(37)19-20-33(38)45-27(23-43-34(39)28-15-7-9-17-30(28)41-21-25-11-3-1-4-12-25)24-44-35(40)29-16-8-10-18-31(29)42-22-26-13-5-2-6-14-26/h1-18,27H,19-24H2,(H,36,37). The number of carbonyl (C=O) groups is 4. The Morgan fingerprint density at radius 3 is 1.42 bits per heavy atom. The van der Waals surface area contributed by atoms with Crippen LogP contribution in [0.25, 0.3) is 0 Å². The number of benzene rings is 4. The van der Waals surface area contributed by atoms with Gasteiger partial charge in [0.25, 0.3) is 0 Å². The van der Waals surface area contributed by atoms with Gasteiger partial charge in [0.15, 0.2) is 6.10 Å². The van der Waals surface area contributed by atoms with E-state index in [2.05, 4.69) is 0 Å². The van der Waals surface area contributed by atoms with Crippen LogP contribution < -0.4 is 9.47 Å². The Morgan fingerprint density at radius 2 is 0.978 bits per heavy atom. The molecule has 0 spiro atoms. The van der Waals surface area contributed by atoms with E-state index in [-0.39, 0.29) is 24.3 Å². The predicted molar refractivity (Wildman–Crippen MR) is 162 cm³/mol. The first-order chi connectivity index (χ1) is 21.9. The molecule has 232 valence electrons. The summed E-state index contributed by atoms with van der Waals surface area (Å²) in [6.45, 7) is -0.489. The van der Waals surface area contributed by atoms with Gasteiger partial charge < -0.3 is 28.8 Å². The van der Waals surface area contributed by atoms with Crippen LogP contribution in [0.2, 0.25) is 0 Å². The molecule has 1 N–H and O–H groups in total. The van der Waals surface area contributed by atoms with E-state index in [0.29, 0.717) is 11.5 Å². The molecule has 10 heteroatoms. The van der Waals surface area contributed by atoms with Gasteiger partial charge in [0.05, 0.1) is 12.8 Å². The molecule has 0 fully saturated rings. The molecular formula is C35H32O10. The SMILES string of the molecule is O=C(O)CCC(=O)OC(COC(=O)c1ccccc1OCc1ccccc1)COC(=O)c1ccccc1OCc1ccccc1. The number of hydrogen-bond acceptors (Lipinski definition) is 9. The minimum atomic E-state index is -1.21. The van der Waals surface area contributed by atoms with Crippen LogP contribution in [-0.2, 0) is 37.0 Å². The molecule has 4 rings (SSSR count). The first-order valence-electron chi connectivity index (χ1n) is 14.2. The Hall–Kier alpha value is -5.64. The van der Waals surface area contributed by atoms with E-state index in [9.17, 15) is 19.2 Å². The van der Waals surface area contributed by atoms with Crippen molar-refractivity contribution in [1.29, 1.82) is 0 Å². The maximum Gasteiger partial charge on any atom is 0.342 e. The van der Waals surface area contributed by atoms with Crippen molar-refractivity contribution in [3.05, 3.63) is 131 Å². The van der Waals surface area contributed by atoms with Crippen LogP contribution in [0.1, 0.15) is 44.7 Å². The van der Waals surface area contributed by atoms with E-state index in [0.717, 1.165) is 11.1 Å². The fraction of sp³-hybridized carbons (Fsp3) is 0.200. The molecule has 4 aromatic carbocycles. The molecule has 0 bridgehead atoms. The first-order valence-corrected chi connectivity index (χ1v) is 14.2. The molecule has 0 atom stereocenters. The molecule has 0 heterocycles. The quantitative estimate of drug-likeness (QED) is 0.125. The zero-order valence-corrected chi connectivity index (χ0v) is 24.3. The van der Waals surface area contributed by atoms with Crippen molar-refractivity contribution in [3.8, 4) is 11.5 Å². The monoisotopic (exact) mass is 612 g/mol. The maximum atomic E-state index is 13.0. The molecule has 0 aliphatic rings. The lowest BCUT2D eigenvalue weighted by Gasteiger charge is -2.19. The van der Waals surface area contributed by atoms with Crippen LogP contribution in [-0.4, -0.2) is 48.3 Å². The highest BCUT2D eigenvalue weighted by Crippen LogP contribution is 2.22. The van der Waals surface area contributed by atoms with E-state index in [4.69, 9.17) is 28.8 Å². The second-order valence-electron chi connectivity index (χ2n) is 9.74. The molecule has 0 amide bonds. The van der Waals surface area contributed by atoms with Gasteiger partial charge in [-0.3, -0.25) is 9.59 Å². The van der Waals surface area contributed by atoms with Crippen molar-refractivity contribution in [2.45, 2.75) is 32.2 Å². The molecule has 0 radical (unpaired) electrons. The highest BCUT2D eigenvalue weighted by molar-refractivity contribution is 5.93. The molecule has 0 saturated carbocycles. The average Bonchev–Trinajstić information content (AvgIpc) is 3.07. The third-order valence-electron chi connectivity index (χ3n) is 6.33. The summed E-state index contributed by atoms with van der Waals surface area (Å²) in [6.07, 6.45) is -2.09. The summed E-state index contributed by atoms with van der Waals surface area (Å²) in [4.78, 5) is 49.3. The summed E-state index contributed by atoms with van der Waals surface area (Å²) in [5.74, 6) is -2.96. The highest BCUT2D eigenvalue weighted by atomic mass is 16.6. The van der Waals surface area contributed by atoms with Crippen molar-refractivity contribution >= 4 is 23.9 Å². The molecule has 45 heavy (non-hydrogen) atoms. The van der Waals surface area contributed by atoms with Gasteiger partial charge >= 0.3 is 23.9 Å². The van der Waals surface area contributed by atoms with Crippen LogP contribution in [0.3, 0.4) is 0 Å². The number of para-hydroxylation sites is 2. The number of carboxylic acid groups (broad SMARTS) is 1. The van der Waals surface area contributed by atoms with Gasteiger partial charge in [-0.25, -0.2) is 9.59 Å². The van der Waals surface area contributed by atoms with Gasteiger partial charge in [0.1, 0.15) is 49.1 Å². The molecular weight excluding hydrogens is 580 g/mol. The molecule has 0 aromatic heterocycles. The molecule has 4 aromatic rings. The van der Waals surface area contributed by atoms with Gasteiger partial charge in [-0.1, -0.05) is 84.9 Å². The van der Waals surface area contributed by atoms with E-state index in [1.165, 1.54) is 12.1 Å². The largest absolute Gasteiger partial charge is 0.488 e. The predicted octanol–water partition coefficient (Wildman–Crippen LogP) is 5.64. The zero-order chi connectivity index (χ0) is 31.9. The number of carboxylic acids is 1. The van der Waals surface area contributed by atoms with Crippen molar-refractivity contribution in [3.63, 3.8) is 0 Å². The molecule has 10 nitrogen and oxygen atoms in total. The van der Waals surface area contributed by atoms with Gasteiger partial charge in [-0.15, -0.1) is 0 Å². The second-order valence-corrected chi connectivity index (χ2v) is 9.74. The van der Waals surface area contributed by atoms with Crippen LogP contribution in [0.4, 0.5) is 0 Å².